The first-order valence-electron chi connectivity index (χ1n) is 9.33. The van der Waals surface area contributed by atoms with Crippen LogP contribution >= 0.6 is 0 Å². The first-order valence-corrected chi connectivity index (χ1v) is 9.33. The summed E-state index contributed by atoms with van der Waals surface area (Å²) in [4.78, 5) is 10.5. The van der Waals surface area contributed by atoms with Crippen LogP contribution in [0.1, 0.15) is 51.9 Å². The zero-order valence-corrected chi connectivity index (χ0v) is 15.4. The minimum Gasteiger partial charge on any atom is -0.481 e. The average Bonchev–Trinajstić information content (AvgIpc) is 2.57. The van der Waals surface area contributed by atoms with E-state index in [4.69, 9.17) is 9.84 Å². The molecule has 1 fully saturated rings. The molecule has 1 rings (SSSR count). The SMILES string of the molecule is CC/C=C/C[C@H](O)/C=C/[C@@H]1O[C@H](O)C[C@H](O)[C@@H]1C/C=C/CCCC(=O)O. The van der Waals surface area contributed by atoms with Gasteiger partial charge in [0.05, 0.1) is 18.3 Å². The Kier molecular flexibility index (Phi) is 11.1. The highest BCUT2D eigenvalue weighted by Gasteiger charge is 2.35. The molecular weight excluding hydrogens is 336 g/mol. The third-order valence-corrected chi connectivity index (χ3v) is 4.31. The predicted octanol–water partition coefficient (Wildman–Crippen LogP) is 2.55. The van der Waals surface area contributed by atoms with Gasteiger partial charge in [0.25, 0.3) is 0 Å². The second kappa shape index (κ2) is 12.8. The number of aliphatic hydroxyl groups excluding tert-OH is 3. The van der Waals surface area contributed by atoms with Crippen molar-refractivity contribution in [1.29, 1.82) is 0 Å². The van der Waals surface area contributed by atoms with Gasteiger partial charge in [-0.05, 0) is 32.1 Å². The van der Waals surface area contributed by atoms with Crippen molar-refractivity contribution >= 4 is 5.97 Å². The summed E-state index contributed by atoms with van der Waals surface area (Å²) in [5.74, 6) is -1.02. The van der Waals surface area contributed by atoms with Crippen LogP contribution in [0, 0.1) is 5.92 Å². The van der Waals surface area contributed by atoms with Gasteiger partial charge in [0.1, 0.15) is 0 Å². The van der Waals surface area contributed by atoms with Crippen molar-refractivity contribution in [3.63, 3.8) is 0 Å². The minimum atomic E-state index is -1.02. The highest BCUT2D eigenvalue weighted by Crippen LogP contribution is 2.29. The van der Waals surface area contributed by atoms with Crippen molar-refractivity contribution < 1.29 is 30.0 Å². The van der Waals surface area contributed by atoms with Crippen LogP contribution in [-0.4, -0.2) is 51.0 Å². The lowest BCUT2D eigenvalue weighted by Gasteiger charge is -2.36. The first kappa shape index (κ1) is 22.6. The predicted molar refractivity (Wildman–Crippen MR) is 99.4 cm³/mol. The van der Waals surface area contributed by atoms with Gasteiger partial charge in [-0.1, -0.05) is 43.4 Å². The number of hydrogen-bond acceptors (Lipinski definition) is 5. The zero-order valence-electron chi connectivity index (χ0n) is 15.4. The molecule has 0 aromatic carbocycles. The number of aliphatic carboxylic acids is 1. The van der Waals surface area contributed by atoms with Crippen molar-refractivity contribution in [3.05, 3.63) is 36.5 Å². The summed E-state index contributed by atoms with van der Waals surface area (Å²) in [6.07, 6.45) is 11.8. The number of ether oxygens (including phenoxy) is 1. The molecule has 1 heterocycles. The Morgan fingerprint density at radius 3 is 2.69 bits per heavy atom. The summed E-state index contributed by atoms with van der Waals surface area (Å²) in [7, 11) is 0. The topological polar surface area (TPSA) is 107 Å². The van der Waals surface area contributed by atoms with Gasteiger partial charge in [-0.2, -0.15) is 0 Å². The van der Waals surface area contributed by atoms with E-state index >= 15 is 0 Å². The third-order valence-electron chi connectivity index (χ3n) is 4.31. The fraction of sp³-hybridized carbons (Fsp3) is 0.650. The Morgan fingerprint density at radius 1 is 1.23 bits per heavy atom. The summed E-state index contributed by atoms with van der Waals surface area (Å²) in [5.41, 5.74) is 0. The van der Waals surface area contributed by atoms with Gasteiger partial charge in [0.15, 0.2) is 6.29 Å². The van der Waals surface area contributed by atoms with Crippen molar-refractivity contribution in [2.75, 3.05) is 0 Å². The van der Waals surface area contributed by atoms with E-state index in [1.54, 1.807) is 12.2 Å². The van der Waals surface area contributed by atoms with E-state index in [1.165, 1.54) is 0 Å². The summed E-state index contributed by atoms with van der Waals surface area (Å²) in [6.45, 7) is 2.02. The molecule has 0 saturated carbocycles. The molecule has 1 aliphatic rings. The van der Waals surface area contributed by atoms with Crippen LogP contribution in [0.5, 0.6) is 0 Å². The molecule has 148 valence electrons. The van der Waals surface area contributed by atoms with Crippen molar-refractivity contribution in [1.82, 2.24) is 0 Å². The molecule has 0 radical (unpaired) electrons. The molecule has 6 heteroatoms. The average molecular weight is 368 g/mol. The van der Waals surface area contributed by atoms with Crippen LogP contribution in [0.25, 0.3) is 0 Å². The maximum absolute atomic E-state index is 10.5. The molecule has 5 atom stereocenters. The van der Waals surface area contributed by atoms with Crippen LogP contribution in [-0.2, 0) is 9.53 Å². The number of rotatable bonds is 11. The molecule has 0 amide bonds. The maximum atomic E-state index is 10.5. The number of hydrogen-bond donors (Lipinski definition) is 4. The second-order valence-corrected chi connectivity index (χ2v) is 6.58. The van der Waals surface area contributed by atoms with Crippen molar-refractivity contribution in [2.45, 2.75) is 76.5 Å². The number of carbonyl (C=O) groups is 1. The largest absolute Gasteiger partial charge is 0.481 e. The zero-order chi connectivity index (χ0) is 19.4. The summed E-state index contributed by atoms with van der Waals surface area (Å²) in [6, 6.07) is 0. The Bertz CT molecular complexity index is 485. The van der Waals surface area contributed by atoms with Gasteiger partial charge in [-0.3, -0.25) is 4.79 Å². The minimum absolute atomic E-state index is 0.140. The Morgan fingerprint density at radius 2 is 2.00 bits per heavy atom. The molecule has 26 heavy (non-hydrogen) atoms. The fourth-order valence-corrected chi connectivity index (χ4v) is 2.88. The van der Waals surface area contributed by atoms with E-state index in [0.29, 0.717) is 25.7 Å². The van der Waals surface area contributed by atoms with Crippen LogP contribution in [0.3, 0.4) is 0 Å². The molecule has 0 aromatic rings. The molecule has 6 nitrogen and oxygen atoms in total. The van der Waals surface area contributed by atoms with Crippen LogP contribution < -0.4 is 0 Å². The highest BCUT2D eigenvalue weighted by molar-refractivity contribution is 5.66. The normalized spacial score (nSPS) is 28.3. The fourth-order valence-electron chi connectivity index (χ4n) is 2.88. The van der Waals surface area contributed by atoms with E-state index in [9.17, 15) is 20.1 Å². The number of allylic oxidation sites excluding steroid dienone is 3. The first-order chi connectivity index (χ1) is 12.4. The Hall–Kier alpha value is -1.47. The lowest BCUT2D eigenvalue weighted by atomic mass is 9.87. The lowest BCUT2D eigenvalue weighted by molar-refractivity contribution is -0.199. The lowest BCUT2D eigenvalue weighted by Crippen LogP contribution is -2.43. The number of unbranched alkanes of at least 4 members (excludes halogenated alkanes) is 1. The van der Waals surface area contributed by atoms with Crippen LogP contribution in [0.15, 0.2) is 36.5 Å². The van der Waals surface area contributed by atoms with E-state index < -0.39 is 30.6 Å². The molecular formula is C20H32O6. The molecule has 1 saturated heterocycles. The van der Waals surface area contributed by atoms with Gasteiger partial charge < -0.3 is 25.2 Å². The number of carboxylic acid groups (broad SMARTS) is 1. The van der Waals surface area contributed by atoms with Crippen LogP contribution in [0.2, 0.25) is 0 Å². The van der Waals surface area contributed by atoms with E-state index in [-0.39, 0.29) is 18.8 Å². The smallest absolute Gasteiger partial charge is 0.303 e. The number of carboxylic acids is 1. The van der Waals surface area contributed by atoms with Gasteiger partial charge in [0.2, 0.25) is 0 Å². The summed E-state index contributed by atoms with van der Waals surface area (Å²) in [5, 5.41) is 38.6. The highest BCUT2D eigenvalue weighted by atomic mass is 16.6. The molecule has 0 aromatic heterocycles. The molecule has 1 aliphatic heterocycles. The van der Waals surface area contributed by atoms with E-state index in [0.717, 1.165) is 6.42 Å². The molecule has 0 bridgehead atoms. The second-order valence-electron chi connectivity index (χ2n) is 6.58. The molecule has 0 aliphatic carbocycles. The quantitative estimate of drug-likeness (QED) is 0.330. The maximum Gasteiger partial charge on any atom is 0.303 e. The molecule has 0 unspecified atom stereocenters. The van der Waals surface area contributed by atoms with Crippen molar-refractivity contribution in [2.24, 2.45) is 5.92 Å². The Balaban J connectivity index is 2.56. The monoisotopic (exact) mass is 368 g/mol. The van der Waals surface area contributed by atoms with E-state index in [2.05, 4.69) is 0 Å². The molecule has 0 spiro atoms. The van der Waals surface area contributed by atoms with Crippen molar-refractivity contribution in [3.8, 4) is 0 Å². The van der Waals surface area contributed by atoms with Gasteiger partial charge in [0, 0.05) is 18.8 Å². The standard InChI is InChI=1S/C20H32O6/c1-2-3-6-9-15(21)12-13-18-16(17(22)14-20(25)26-18)10-7-4-5-8-11-19(23)24/h3-4,6-7,12-13,15-18,20-22,25H,2,5,8-11,14H2,1H3,(H,23,24)/b6-3+,7-4+,13-12+/t15-,16-,17-,18-,20-/m0/s1. The number of aliphatic hydroxyl groups is 3. The van der Waals surface area contributed by atoms with Crippen LogP contribution in [0.4, 0.5) is 0 Å². The summed E-state index contributed by atoms with van der Waals surface area (Å²) >= 11 is 0. The Labute approximate surface area is 155 Å². The molecule has 4 N–H and O–H groups in total. The van der Waals surface area contributed by atoms with Gasteiger partial charge >= 0.3 is 5.97 Å². The van der Waals surface area contributed by atoms with Gasteiger partial charge in [-0.25, -0.2) is 0 Å². The van der Waals surface area contributed by atoms with Gasteiger partial charge in [-0.15, -0.1) is 0 Å². The summed E-state index contributed by atoms with van der Waals surface area (Å²) < 4.78 is 5.52. The third kappa shape index (κ3) is 9.29. The van der Waals surface area contributed by atoms with E-state index in [1.807, 2.05) is 31.2 Å².